The number of carbonyl (C=O) groups excluding carboxylic acids is 1. The van der Waals surface area contributed by atoms with Gasteiger partial charge >= 0.3 is 0 Å². The minimum atomic E-state index is 0.138. The number of nitrogens with zero attached hydrogens (tertiary/aromatic N) is 5. The lowest BCUT2D eigenvalue weighted by molar-refractivity contribution is -0.130. The topological polar surface area (TPSA) is 67.4 Å². The molecule has 0 radical (unpaired) electrons. The Labute approximate surface area is 201 Å². The van der Waals surface area contributed by atoms with E-state index in [2.05, 4.69) is 32.6 Å². The quantitative estimate of drug-likeness (QED) is 0.368. The van der Waals surface area contributed by atoms with Crippen molar-refractivity contribution in [2.24, 2.45) is 0 Å². The fourth-order valence-electron chi connectivity index (χ4n) is 3.96. The number of furan rings is 1. The Morgan fingerprint density at radius 1 is 1.06 bits per heavy atom. The molecule has 0 saturated carbocycles. The third kappa shape index (κ3) is 4.90. The van der Waals surface area contributed by atoms with Crippen molar-refractivity contribution in [3.05, 3.63) is 70.8 Å². The molecule has 0 atom stereocenters. The van der Waals surface area contributed by atoms with Crippen LogP contribution in [0.2, 0.25) is 0 Å². The molecule has 7 nitrogen and oxygen atoms in total. The number of aromatic nitrogens is 3. The molecule has 5 rings (SSSR count). The van der Waals surface area contributed by atoms with Gasteiger partial charge in [-0.3, -0.25) is 14.3 Å². The van der Waals surface area contributed by atoms with Gasteiger partial charge < -0.3 is 9.32 Å². The smallest absolute Gasteiger partial charge is 0.233 e. The van der Waals surface area contributed by atoms with Crippen molar-refractivity contribution in [1.82, 2.24) is 24.6 Å². The molecular formula is C24H25N5O2S2. The van der Waals surface area contributed by atoms with Gasteiger partial charge in [0.25, 0.3) is 0 Å². The van der Waals surface area contributed by atoms with Gasteiger partial charge in [-0.05, 0) is 36.6 Å². The molecule has 0 aliphatic carbocycles. The fraction of sp³-hybridized carbons (Fsp3) is 0.292. The van der Waals surface area contributed by atoms with Crippen molar-refractivity contribution in [1.29, 1.82) is 0 Å². The van der Waals surface area contributed by atoms with E-state index in [1.54, 1.807) is 17.6 Å². The van der Waals surface area contributed by atoms with E-state index in [1.165, 1.54) is 16.6 Å². The zero-order chi connectivity index (χ0) is 22.6. The van der Waals surface area contributed by atoms with E-state index in [9.17, 15) is 4.79 Å². The number of thioether (sulfide) groups is 1. The number of hydrogen-bond donors (Lipinski definition) is 0. The van der Waals surface area contributed by atoms with E-state index < -0.39 is 0 Å². The Morgan fingerprint density at radius 3 is 2.58 bits per heavy atom. The molecule has 3 aromatic heterocycles. The summed E-state index contributed by atoms with van der Waals surface area (Å²) >= 11 is 3.21. The van der Waals surface area contributed by atoms with Gasteiger partial charge in [0.2, 0.25) is 5.91 Å². The standard InChI is InChI=1S/C24H25N5O2S2/c1-18-21(9-14-31-18)23-25-26-24(29(23)19-6-3-2-4-7-19)33-17-22(30)28-12-10-27(11-13-28)16-20-8-5-15-32-20/h2-9,14-15H,10-13,16-17H2,1H3. The summed E-state index contributed by atoms with van der Waals surface area (Å²) in [5.74, 6) is 1.97. The first-order valence-corrected chi connectivity index (χ1v) is 12.8. The Kier molecular flexibility index (Phi) is 6.61. The van der Waals surface area contributed by atoms with Crippen LogP contribution in [-0.2, 0) is 11.3 Å². The van der Waals surface area contributed by atoms with E-state index >= 15 is 0 Å². The summed E-state index contributed by atoms with van der Waals surface area (Å²) in [6.45, 7) is 6.20. The van der Waals surface area contributed by atoms with Crippen molar-refractivity contribution in [2.45, 2.75) is 18.6 Å². The number of thiophene rings is 1. The van der Waals surface area contributed by atoms with Gasteiger partial charge in [0.05, 0.1) is 17.6 Å². The second-order valence-corrected chi connectivity index (χ2v) is 9.87. The highest BCUT2D eigenvalue weighted by Gasteiger charge is 2.24. The molecule has 0 N–H and O–H groups in total. The van der Waals surface area contributed by atoms with Crippen molar-refractivity contribution >= 4 is 29.0 Å². The van der Waals surface area contributed by atoms with E-state index in [4.69, 9.17) is 4.42 Å². The van der Waals surface area contributed by atoms with Crippen molar-refractivity contribution in [3.8, 4) is 17.1 Å². The fourth-order valence-corrected chi connectivity index (χ4v) is 5.56. The molecule has 4 heterocycles. The lowest BCUT2D eigenvalue weighted by atomic mass is 10.2. The summed E-state index contributed by atoms with van der Waals surface area (Å²) in [5.41, 5.74) is 1.85. The summed E-state index contributed by atoms with van der Waals surface area (Å²) in [6.07, 6.45) is 1.66. The summed E-state index contributed by atoms with van der Waals surface area (Å²) in [7, 11) is 0. The molecule has 1 fully saturated rings. The lowest BCUT2D eigenvalue weighted by Gasteiger charge is -2.34. The van der Waals surface area contributed by atoms with Gasteiger partial charge in [0, 0.05) is 43.3 Å². The summed E-state index contributed by atoms with van der Waals surface area (Å²) in [5, 5.41) is 11.7. The first-order chi connectivity index (χ1) is 16.2. The summed E-state index contributed by atoms with van der Waals surface area (Å²) in [6, 6.07) is 16.1. The normalized spacial score (nSPS) is 14.6. The zero-order valence-electron chi connectivity index (χ0n) is 18.4. The van der Waals surface area contributed by atoms with Crippen LogP contribution >= 0.6 is 23.1 Å². The van der Waals surface area contributed by atoms with Gasteiger partial charge in [0.1, 0.15) is 5.76 Å². The van der Waals surface area contributed by atoms with E-state index in [-0.39, 0.29) is 5.91 Å². The highest BCUT2D eigenvalue weighted by Crippen LogP contribution is 2.30. The Hall–Kier alpha value is -2.88. The number of carbonyl (C=O) groups is 1. The molecule has 33 heavy (non-hydrogen) atoms. The van der Waals surface area contributed by atoms with E-state index in [1.807, 2.05) is 52.8 Å². The Bertz CT molecular complexity index is 1190. The number of benzene rings is 1. The number of piperazine rings is 1. The second-order valence-electron chi connectivity index (χ2n) is 7.89. The minimum Gasteiger partial charge on any atom is -0.469 e. The molecule has 4 aromatic rings. The highest BCUT2D eigenvalue weighted by molar-refractivity contribution is 7.99. The third-order valence-corrected chi connectivity index (χ3v) is 7.53. The van der Waals surface area contributed by atoms with E-state index in [0.29, 0.717) is 16.7 Å². The van der Waals surface area contributed by atoms with Crippen molar-refractivity contribution < 1.29 is 9.21 Å². The molecular weight excluding hydrogens is 454 g/mol. The SMILES string of the molecule is Cc1occc1-c1nnc(SCC(=O)N2CCN(Cc3cccs3)CC2)n1-c1ccccc1. The first-order valence-electron chi connectivity index (χ1n) is 10.9. The number of hydrogen-bond acceptors (Lipinski definition) is 7. The average Bonchev–Trinajstić information content (AvgIpc) is 3.60. The monoisotopic (exact) mass is 479 g/mol. The average molecular weight is 480 g/mol. The van der Waals surface area contributed by atoms with E-state index in [0.717, 1.165) is 49.7 Å². The molecule has 0 unspecified atom stereocenters. The maximum atomic E-state index is 12.9. The maximum Gasteiger partial charge on any atom is 0.233 e. The van der Waals surface area contributed by atoms with Crippen LogP contribution in [0.1, 0.15) is 10.6 Å². The number of rotatable bonds is 7. The zero-order valence-corrected chi connectivity index (χ0v) is 20.0. The van der Waals surface area contributed by atoms with Gasteiger partial charge in [-0.15, -0.1) is 21.5 Å². The molecule has 0 bridgehead atoms. The Morgan fingerprint density at radius 2 is 1.88 bits per heavy atom. The van der Waals surface area contributed by atoms with Gasteiger partial charge in [0.15, 0.2) is 11.0 Å². The minimum absolute atomic E-state index is 0.138. The number of aryl methyl sites for hydroxylation is 1. The first kappa shape index (κ1) is 21.9. The van der Waals surface area contributed by atoms with Crippen LogP contribution in [0, 0.1) is 6.92 Å². The van der Waals surface area contributed by atoms with Crippen LogP contribution in [-0.4, -0.2) is 62.4 Å². The van der Waals surface area contributed by atoms with Crippen LogP contribution in [0.3, 0.4) is 0 Å². The molecule has 1 aromatic carbocycles. The molecule has 1 aliphatic heterocycles. The van der Waals surface area contributed by atoms with Gasteiger partial charge in [-0.1, -0.05) is 36.0 Å². The predicted octanol–water partition coefficient (Wildman–Crippen LogP) is 4.33. The van der Waals surface area contributed by atoms with Gasteiger partial charge in [-0.2, -0.15) is 0 Å². The maximum absolute atomic E-state index is 12.9. The molecule has 0 spiro atoms. The third-order valence-electron chi connectivity index (χ3n) is 5.76. The summed E-state index contributed by atoms with van der Waals surface area (Å²) < 4.78 is 7.48. The number of para-hydroxylation sites is 1. The lowest BCUT2D eigenvalue weighted by Crippen LogP contribution is -2.48. The summed E-state index contributed by atoms with van der Waals surface area (Å²) in [4.78, 5) is 18.7. The molecule has 1 amide bonds. The van der Waals surface area contributed by atoms with Crippen LogP contribution in [0.5, 0.6) is 0 Å². The number of amides is 1. The second kappa shape index (κ2) is 9.94. The predicted molar refractivity (Wildman–Crippen MR) is 131 cm³/mol. The largest absolute Gasteiger partial charge is 0.469 e. The highest BCUT2D eigenvalue weighted by atomic mass is 32.2. The van der Waals surface area contributed by atoms with Crippen LogP contribution in [0.15, 0.2) is 69.7 Å². The van der Waals surface area contributed by atoms with Gasteiger partial charge in [-0.25, -0.2) is 0 Å². The molecule has 1 saturated heterocycles. The molecule has 9 heteroatoms. The molecule has 1 aliphatic rings. The van der Waals surface area contributed by atoms with Crippen LogP contribution in [0.4, 0.5) is 0 Å². The Balaban J connectivity index is 1.26. The van der Waals surface area contributed by atoms with Crippen LogP contribution in [0.25, 0.3) is 17.1 Å². The van der Waals surface area contributed by atoms with Crippen molar-refractivity contribution in [2.75, 3.05) is 31.9 Å². The van der Waals surface area contributed by atoms with Crippen molar-refractivity contribution in [3.63, 3.8) is 0 Å². The van der Waals surface area contributed by atoms with Crippen LogP contribution < -0.4 is 0 Å². The molecule has 170 valence electrons.